The lowest BCUT2D eigenvalue weighted by Gasteiger charge is -2.09. The molecule has 0 bridgehead atoms. The Kier molecular flexibility index (Phi) is 6.59. The van der Waals surface area contributed by atoms with Crippen molar-refractivity contribution in [3.05, 3.63) is 79.1 Å². The number of hydrogen-bond acceptors (Lipinski definition) is 6. The van der Waals surface area contributed by atoms with Crippen LogP contribution in [0.25, 0.3) is 11.4 Å². The molecule has 2 aromatic carbocycles. The van der Waals surface area contributed by atoms with Gasteiger partial charge in [0.15, 0.2) is 11.0 Å². The normalized spacial score (nSPS) is 10.6. The van der Waals surface area contributed by atoms with Crippen LogP contribution in [0.5, 0.6) is 11.5 Å². The highest BCUT2D eigenvalue weighted by Crippen LogP contribution is 2.25. The number of hydrogen-bond donors (Lipinski definition) is 1. The van der Waals surface area contributed by atoms with Crippen LogP contribution in [0, 0.1) is 0 Å². The highest BCUT2D eigenvalue weighted by atomic mass is 32.2. The minimum atomic E-state index is -0.113. The molecule has 7 nitrogen and oxygen atoms in total. The second kappa shape index (κ2) is 9.90. The van der Waals surface area contributed by atoms with Crippen LogP contribution in [0.4, 0.5) is 5.69 Å². The first-order chi connectivity index (χ1) is 15.2. The number of amides is 1. The monoisotopic (exact) mass is 431 g/mol. The van der Waals surface area contributed by atoms with E-state index in [0.29, 0.717) is 23.1 Å². The molecule has 2 heterocycles. The zero-order chi connectivity index (χ0) is 21.5. The average Bonchev–Trinajstić information content (AvgIpc) is 3.23. The molecule has 8 heteroatoms. The van der Waals surface area contributed by atoms with Crippen molar-refractivity contribution in [1.82, 2.24) is 19.7 Å². The van der Waals surface area contributed by atoms with Gasteiger partial charge >= 0.3 is 0 Å². The summed E-state index contributed by atoms with van der Waals surface area (Å²) in [6, 6.07) is 20.6. The van der Waals surface area contributed by atoms with E-state index >= 15 is 0 Å². The van der Waals surface area contributed by atoms with E-state index < -0.39 is 0 Å². The highest BCUT2D eigenvalue weighted by molar-refractivity contribution is 7.99. The molecule has 0 saturated heterocycles. The Balaban J connectivity index is 1.34. The van der Waals surface area contributed by atoms with Gasteiger partial charge in [-0.2, -0.15) is 0 Å². The number of carbonyl (C=O) groups is 1. The fourth-order valence-corrected chi connectivity index (χ4v) is 3.76. The molecule has 0 unspecified atom stereocenters. The number of ether oxygens (including phenoxy) is 1. The van der Waals surface area contributed by atoms with Crippen LogP contribution in [0.2, 0.25) is 0 Å². The van der Waals surface area contributed by atoms with Crippen LogP contribution in [-0.2, 0) is 11.3 Å². The number of thioether (sulfide) groups is 1. The van der Waals surface area contributed by atoms with Crippen molar-refractivity contribution in [2.75, 3.05) is 11.1 Å². The third-order valence-electron chi connectivity index (χ3n) is 4.42. The summed E-state index contributed by atoms with van der Waals surface area (Å²) < 4.78 is 7.76. The number of para-hydroxylation sites is 1. The molecule has 4 aromatic rings. The summed E-state index contributed by atoms with van der Waals surface area (Å²) in [6.07, 6.45) is 3.45. The molecule has 31 heavy (non-hydrogen) atoms. The van der Waals surface area contributed by atoms with Crippen molar-refractivity contribution in [1.29, 1.82) is 0 Å². The number of anilines is 1. The van der Waals surface area contributed by atoms with E-state index in [0.717, 1.165) is 17.1 Å². The molecule has 0 aliphatic heterocycles. The zero-order valence-corrected chi connectivity index (χ0v) is 17.7. The minimum Gasteiger partial charge on any atom is -0.457 e. The van der Waals surface area contributed by atoms with Gasteiger partial charge in [0.05, 0.1) is 5.75 Å². The molecule has 0 spiro atoms. The lowest BCUT2D eigenvalue weighted by Crippen LogP contribution is -2.14. The summed E-state index contributed by atoms with van der Waals surface area (Å²) in [7, 11) is 0. The Morgan fingerprint density at radius 2 is 1.68 bits per heavy atom. The second-order valence-electron chi connectivity index (χ2n) is 6.56. The van der Waals surface area contributed by atoms with E-state index in [1.165, 1.54) is 11.8 Å². The van der Waals surface area contributed by atoms with Crippen molar-refractivity contribution in [3.8, 4) is 22.9 Å². The number of nitrogens with zero attached hydrogens (tertiary/aromatic N) is 4. The van der Waals surface area contributed by atoms with E-state index in [-0.39, 0.29) is 11.7 Å². The quantitative estimate of drug-likeness (QED) is 0.400. The second-order valence-corrected chi connectivity index (χ2v) is 7.51. The van der Waals surface area contributed by atoms with Gasteiger partial charge in [0.1, 0.15) is 11.5 Å². The maximum atomic E-state index is 12.4. The first-order valence-electron chi connectivity index (χ1n) is 9.82. The molecule has 0 radical (unpaired) electrons. The number of nitrogens with one attached hydrogen (secondary N) is 1. The Hall–Kier alpha value is -3.65. The number of pyridine rings is 1. The van der Waals surface area contributed by atoms with Crippen molar-refractivity contribution in [2.24, 2.45) is 0 Å². The smallest absolute Gasteiger partial charge is 0.234 e. The molecular formula is C23H21N5O2S. The lowest BCUT2D eigenvalue weighted by molar-refractivity contribution is -0.113. The van der Waals surface area contributed by atoms with Gasteiger partial charge in [-0.25, -0.2) is 0 Å². The predicted octanol–water partition coefficient (Wildman–Crippen LogP) is 4.88. The molecule has 156 valence electrons. The van der Waals surface area contributed by atoms with Crippen LogP contribution in [0.3, 0.4) is 0 Å². The largest absolute Gasteiger partial charge is 0.457 e. The molecule has 0 atom stereocenters. The summed E-state index contributed by atoms with van der Waals surface area (Å²) in [5.74, 6) is 2.36. The van der Waals surface area contributed by atoms with Crippen LogP contribution in [0.15, 0.2) is 84.3 Å². The molecule has 0 aliphatic rings. The molecule has 4 rings (SSSR count). The molecule has 0 aliphatic carbocycles. The highest BCUT2D eigenvalue weighted by Gasteiger charge is 2.14. The van der Waals surface area contributed by atoms with Crippen molar-refractivity contribution < 1.29 is 9.53 Å². The Labute approximate surface area is 184 Å². The van der Waals surface area contributed by atoms with Gasteiger partial charge in [0.2, 0.25) is 5.91 Å². The number of aromatic nitrogens is 4. The Morgan fingerprint density at radius 3 is 2.39 bits per heavy atom. The topological polar surface area (TPSA) is 81.9 Å². The fourth-order valence-electron chi connectivity index (χ4n) is 2.95. The van der Waals surface area contributed by atoms with Crippen molar-refractivity contribution >= 4 is 23.4 Å². The average molecular weight is 432 g/mol. The van der Waals surface area contributed by atoms with E-state index in [4.69, 9.17) is 4.74 Å². The molecule has 1 amide bonds. The molecule has 1 N–H and O–H groups in total. The first kappa shape index (κ1) is 20.6. The van der Waals surface area contributed by atoms with Gasteiger partial charge < -0.3 is 14.6 Å². The van der Waals surface area contributed by atoms with E-state index in [1.807, 2.05) is 78.2 Å². The Bertz CT molecular complexity index is 1130. The third kappa shape index (κ3) is 5.29. The first-order valence-corrected chi connectivity index (χ1v) is 10.8. The van der Waals surface area contributed by atoms with E-state index in [2.05, 4.69) is 20.5 Å². The number of rotatable bonds is 8. The van der Waals surface area contributed by atoms with Crippen LogP contribution < -0.4 is 10.1 Å². The summed E-state index contributed by atoms with van der Waals surface area (Å²) in [5, 5.41) is 12.1. The number of carbonyl (C=O) groups excluding carboxylic acids is 1. The standard InChI is InChI=1S/C23H21N5O2S/c1-2-28-22(17-12-14-24-15-13-17)26-27-23(28)31-16-21(29)25-18-8-10-20(11-9-18)30-19-6-4-3-5-7-19/h3-15H,2,16H2,1H3,(H,25,29). The maximum absolute atomic E-state index is 12.4. The minimum absolute atomic E-state index is 0.113. The fraction of sp³-hybridized carbons (Fsp3) is 0.130. The van der Waals surface area contributed by atoms with Gasteiger partial charge in [-0.1, -0.05) is 30.0 Å². The van der Waals surface area contributed by atoms with Gasteiger partial charge in [-0.15, -0.1) is 10.2 Å². The van der Waals surface area contributed by atoms with E-state index in [9.17, 15) is 4.79 Å². The molecule has 2 aromatic heterocycles. The Morgan fingerprint density at radius 1 is 0.968 bits per heavy atom. The van der Waals surface area contributed by atoms with Gasteiger partial charge in [-0.05, 0) is 55.5 Å². The predicted molar refractivity (Wildman–Crippen MR) is 121 cm³/mol. The van der Waals surface area contributed by atoms with Crippen molar-refractivity contribution in [3.63, 3.8) is 0 Å². The lowest BCUT2D eigenvalue weighted by atomic mass is 10.2. The van der Waals surface area contributed by atoms with Gasteiger partial charge in [0, 0.05) is 30.2 Å². The summed E-state index contributed by atoms with van der Waals surface area (Å²) in [4.78, 5) is 16.4. The molecule has 0 fully saturated rings. The van der Waals surface area contributed by atoms with Crippen LogP contribution >= 0.6 is 11.8 Å². The van der Waals surface area contributed by atoms with E-state index in [1.54, 1.807) is 12.4 Å². The third-order valence-corrected chi connectivity index (χ3v) is 5.39. The van der Waals surface area contributed by atoms with Crippen LogP contribution in [-0.4, -0.2) is 31.4 Å². The molecule has 0 saturated carbocycles. The van der Waals surface area contributed by atoms with Crippen molar-refractivity contribution in [2.45, 2.75) is 18.6 Å². The zero-order valence-electron chi connectivity index (χ0n) is 16.9. The van der Waals surface area contributed by atoms with Crippen LogP contribution in [0.1, 0.15) is 6.92 Å². The maximum Gasteiger partial charge on any atom is 0.234 e. The summed E-state index contributed by atoms with van der Waals surface area (Å²) in [5.41, 5.74) is 1.65. The SMILES string of the molecule is CCn1c(SCC(=O)Nc2ccc(Oc3ccccc3)cc2)nnc1-c1ccncc1. The van der Waals surface area contributed by atoms with Gasteiger partial charge in [0.25, 0.3) is 0 Å². The summed E-state index contributed by atoms with van der Waals surface area (Å²) in [6.45, 7) is 2.73. The van der Waals surface area contributed by atoms with Gasteiger partial charge in [-0.3, -0.25) is 9.78 Å². The molecular weight excluding hydrogens is 410 g/mol. The summed E-state index contributed by atoms with van der Waals surface area (Å²) >= 11 is 1.36. The number of benzene rings is 2.